The highest BCUT2D eigenvalue weighted by atomic mass is 79.9. The molecule has 0 unspecified atom stereocenters. The predicted molar refractivity (Wildman–Crippen MR) is 33.8 cm³/mol. The first-order chi connectivity index (χ1) is 5.75. The lowest BCUT2D eigenvalue weighted by molar-refractivity contribution is -0.331. The van der Waals surface area contributed by atoms with Crippen molar-refractivity contribution in [3.05, 3.63) is 0 Å². The van der Waals surface area contributed by atoms with Crippen molar-refractivity contribution in [2.75, 3.05) is 0 Å². The van der Waals surface area contributed by atoms with Crippen LogP contribution < -0.4 is 0 Å². The number of hydrogen-bond donors (Lipinski definition) is 0. The van der Waals surface area contributed by atoms with E-state index < -0.39 is 25.6 Å². The Bertz CT molecular complexity index is 316. The van der Waals surface area contributed by atoms with E-state index in [9.17, 15) is 39.2 Å². The Labute approximate surface area is 80.2 Å². The highest BCUT2D eigenvalue weighted by Gasteiger charge is 2.78. The molecular weight excluding hydrogens is 313 g/mol. The molecule has 2 nitrogen and oxygen atoms in total. The molecule has 0 bridgehead atoms. The second-order valence-electron chi connectivity index (χ2n) is 2.03. The predicted octanol–water partition coefficient (Wildman–Crippen LogP) is 2.50. The van der Waals surface area contributed by atoms with Gasteiger partial charge in [-0.05, 0) is 0 Å². The maximum atomic E-state index is 12.1. The van der Waals surface area contributed by atoms with Crippen LogP contribution in [0.3, 0.4) is 0 Å². The summed E-state index contributed by atoms with van der Waals surface area (Å²) in [4.78, 5) is 0. The minimum atomic E-state index is -6.66. The van der Waals surface area contributed by atoms with Crippen LogP contribution in [0.4, 0.5) is 30.7 Å². The molecule has 11 heteroatoms. The van der Waals surface area contributed by atoms with E-state index in [2.05, 4.69) is 0 Å². The van der Waals surface area contributed by atoms with E-state index in [1.807, 2.05) is 0 Å². The van der Waals surface area contributed by atoms with E-state index in [0.29, 0.717) is 0 Å². The minimum Gasteiger partial charge on any atom is -0.210 e. The van der Waals surface area contributed by atoms with Gasteiger partial charge in [-0.25, -0.2) is 8.42 Å². The smallest absolute Gasteiger partial charge is 0.210 e. The van der Waals surface area contributed by atoms with Crippen molar-refractivity contribution in [1.29, 1.82) is 0 Å². The van der Waals surface area contributed by atoms with Gasteiger partial charge in [-0.3, -0.25) is 0 Å². The van der Waals surface area contributed by atoms with Crippen LogP contribution in [0.15, 0.2) is 0 Å². The van der Waals surface area contributed by atoms with Crippen molar-refractivity contribution in [3.63, 3.8) is 0 Å². The fourth-order valence-electron chi connectivity index (χ4n) is 0.318. The first-order valence-corrected chi connectivity index (χ1v) is 5.84. The van der Waals surface area contributed by atoms with E-state index >= 15 is 0 Å². The van der Waals surface area contributed by atoms with Gasteiger partial charge in [-0.2, -0.15) is 30.7 Å². The average Bonchev–Trinajstić information content (AvgIpc) is 1.81. The number of alkyl halides is 7. The lowest BCUT2D eigenvalue weighted by Crippen LogP contribution is -2.54. The van der Waals surface area contributed by atoms with Gasteiger partial charge in [0, 0.05) is 0 Å². The van der Waals surface area contributed by atoms with Gasteiger partial charge in [-0.1, -0.05) is 0 Å². The zero-order chi connectivity index (χ0) is 12.0. The summed E-state index contributed by atoms with van der Waals surface area (Å²) >= 11 is 1.07. The second kappa shape index (κ2) is 3.22. The van der Waals surface area contributed by atoms with Crippen molar-refractivity contribution >= 4 is 23.1 Å². The summed E-state index contributed by atoms with van der Waals surface area (Å²) in [6, 6.07) is 0. The molecule has 0 amide bonds. The lowest BCUT2D eigenvalue weighted by Gasteiger charge is -2.25. The number of rotatable bonds is 2. The molecule has 0 fully saturated rings. The molecule has 0 saturated carbocycles. The van der Waals surface area contributed by atoms with Crippen LogP contribution in [0.1, 0.15) is 0 Å². The summed E-state index contributed by atoms with van der Waals surface area (Å²) < 4.78 is 102. The van der Waals surface area contributed by atoms with Crippen LogP contribution in [-0.2, 0) is 8.27 Å². The van der Waals surface area contributed by atoms with Gasteiger partial charge in [-0.15, -0.1) is 0 Å². The molecule has 0 aliphatic carbocycles. The molecular formula is C3BrF7O2S. The maximum Gasteiger partial charge on any atom is 0.461 e. The summed E-state index contributed by atoms with van der Waals surface area (Å²) in [5, 5.41) is -6.25. The molecule has 0 heterocycles. The van der Waals surface area contributed by atoms with Crippen LogP contribution in [0.5, 0.6) is 0 Å². The van der Waals surface area contributed by atoms with Crippen LogP contribution in [0, 0.1) is 0 Å². The third-order valence-corrected chi connectivity index (χ3v) is 3.12. The van der Waals surface area contributed by atoms with Gasteiger partial charge in [0.05, 0.1) is 14.8 Å². The van der Waals surface area contributed by atoms with E-state index in [1.165, 1.54) is 0 Å². The monoisotopic (exact) mass is 312 g/mol. The fraction of sp³-hybridized carbons (Fsp3) is 1.00. The molecule has 0 aliphatic heterocycles. The topological polar surface area (TPSA) is 34.1 Å². The number of halogens is 8. The van der Waals surface area contributed by atoms with E-state index in [4.69, 9.17) is 0 Å². The molecule has 0 N–H and O–H groups in total. The van der Waals surface area contributed by atoms with E-state index in [-0.39, 0.29) is 0 Å². The second-order valence-corrected chi connectivity index (χ2v) is 5.97. The zero-order valence-corrected chi connectivity index (χ0v) is 8.15. The largest absolute Gasteiger partial charge is 0.461 e. The maximum absolute atomic E-state index is 12.1. The van der Waals surface area contributed by atoms with Crippen molar-refractivity contribution in [1.82, 2.24) is 0 Å². The average molecular weight is 313 g/mol. The summed E-state index contributed by atoms with van der Waals surface area (Å²) in [5.41, 5.74) is 0. The first-order valence-electron chi connectivity index (χ1n) is 2.51. The van der Waals surface area contributed by atoms with Crippen LogP contribution >= 0.6 is 14.8 Å². The Balaban J connectivity index is 5.54. The van der Waals surface area contributed by atoms with E-state index in [0.717, 1.165) is 14.8 Å². The molecule has 0 atom stereocenters. The van der Waals surface area contributed by atoms with Crippen LogP contribution in [0.25, 0.3) is 0 Å². The normalized spacial score (nSPS) is 15.7. The SMILES string of the molecule is O=S(=O)(Br)C(F)(F)C(F)(F)C(F)(F)F. The molecule has 0 aliphatic rings. The Hall–Kier alpha value is -0.0600. The molecule has 86 valence electrons. The van der Waals surface area contributed by atoms with Crippen LogP contribution in [0.2, 0.25) is 0 Å². The summed E-state index contributed by atoms with van der Waals surface area (Å²) in [6.45, 7) is 0. The van der Waals surface area contributed by atoms with Gasteiger partial charge in [0.25, 0.3) is 8.27 Å². The summed E-state index contributed by atoms with van der Waals surface area (Å²) in [5.74, 6) is -6.65. The highest BCUT2D eigenvalue weighted by Crippen LogP contribution is 2.50. The van der Waals surface area contributed by atoms with Crippen molar-refractivity contribution in [2.45, 2.75) is 17.4 Å². The summed E-state index contributed by atoms with van der Waals surface area (Å²) in [6.07, 6.45) is -6.66. The minimum absolute atomic E-state index is 1.07. The van der Waals surface area contributed by atoms with Crippen molar-refractivity contribution < 1.29 is 39.2 Å². The number of hydrogen-bond acceptors (Lipinski definition) is 2. The fourth-order valence-corrected chi connectivity index (χ4v) is 1.35. The van der Waals surface area contributed by atoms with Crippen molar-refractivity contribution in [3.8, 4) is 0 Å². The molecule has 0 aromatic rings. The van der Waals surface area contributed by atoms with Crippen molar-refractivity contribution in [2.24, 2.45) is 0 Å². The zero-order valence-electron chi connectivity index (χ0n) is 5.75. The lowest BCUT2D eigenvalue weighted by atomic mass is 10.3. The Morgan fingerprint density at radius 2 is 1.14 bits per heavy atom. The molecule has 0 aromatic heterocycles. The van der Waals surface area contributed by atoms with E-state index in [1.54, 1.807) is 0 Å². The molecule has 14 heavy (non-hydrogen) atoms. The highest BCUT2D eigenvalue weighted by molar-refractivity contribution is 9.47. The van der Waals surface area contributed by atoms with Gasteiger partial charge in [0.2, 0.25) is 0 Å². The molecule has 0 radical (unpaired) electrons. The Kier molecular flexibility index (Phi) is 3.21. The molecule has 0 saturated heterocycles. The quantitative estimate of drug-likeness (QED) is 0.580. The molecule has 0 rings (SSSR count). The van der Waals surface area contributed by atoms with Crippen LogP contribution in [-0.4, -0.2) is 25.8 Å². The van der Waals surface area contributed by atoms with Gasteiger partial charge in [0.1, 0.15) is 0 Å². The Morgan fingerprint density at radius 3 is 1.21 bits per heavy atom. The first kappa shape index (κ1) is 13.9. The third kappa shape index (κ3) is 1.97. The van der Waals surface area contributed by atoms with Gasteiger partial charge >= 0.3 is 17.4 Å². The molecule has 0 aromatic carbocycles. The molecule has 0 spiro atoms. The standard InChI is InChI=1S/C3BrF7O2S/c4-14(12,13)3(10,11)1(5,6)2(7,8)9. The summed E-state index contributed by atoms with van der Waals surface area (Å²) in [7, 11) is -6.03. The van der Waals surface area contributed by atoms with Gasteiger partial charge < -0.3 is 0 Å². The Morgan fingerprint density at radius 1 is 0.857 bits per heavy atom. The van der Waals surface area contributed by atoms with Gasteiger partial charge in [0.15, 0.2) is 0 Å². The third-order valence-electron chi connectivity index (χ3n) is 1.03.